The number of carbonyl (C=O) groups is 1. The topological polar surface area (TPSA) is 55.1 Å². The molecule has 3 N–H and O–H groups in total. The quantitative estimate of drug-likeness (QED) is 0.641. The number of nitrogens with two attached hydrogens (primary N) is 1. The Morgan fingerprint density at radius 1 is 1.29 bits per heavy atom. The maximum absolute atomic E-state index is 12.0. The van der Waals surface area contributed by atoms with Crippen LogP contribution in [-0.2, 0) is 0 Å². The number of anilines is 1. The average Bonchev–Trinajstić information content (AvgIpc) is 2.76. The van der Waals surface area contributed by atoms with Gasteiger partial charge >= 0.3 is 0 Å². The van der Waals surface area contributed by atoms with Crippen LogP contribution in [0, 0.1) is 0 Å². The molecule has 3 nitrogen and oxygen atoms in total. The van der Waals surface area contributed by atoms with Gasteiger partial charge < -0.3 is 11.1 Å². The summed E-state index contributed by atoms with van der Waals surface area (Å²) in [7, 11) is 0. The molecule has 0 heterocycles. The van der Waals surface area contributed by atoms with Crippen LogP contribution in [0.25, 0.3) is 0 Å². The van der Waals surface area contributed by atoms with Crippen LogP contribution in [0.2, 0.25) is 10.0 Å². The monoisotopic (exact) mass is 270 g/mol. The van der Waals surface area contributed by atoms with E-state index in [1.165, 1.54) is 12.1 Å². The average molecular weight is 271 g/mol. The van der Waals surface area contributed by atoms with Gasteiger partial charge in [-0.3, -0.25) is 4.79 Å². The second-order valence-corrected chi connectivity index (χ2v) is 4.76. The van der Waals surface area contributed by atoms with Crippen molar-refractivity contribution in [2.45, 2.75) is 18.9 Å². The Hall–Kier alpha value is -1.19. The van der Waals surface area contributed by atoms with Crippen LogP contribution in [0.4, 0.5) is 5.69 Å². The van der Waals surface area contributed by atoms with Crippen LogP contribution in [0.15, 0.2) is 24.3 Å². The zero-order valence-electron chi connectivity index (χ0n) is 9.04. The van der Waals surface area contributed by atoms with Gasteiger partial charge in [0.05, 0.1) is 15.6 Å². The van der Waals surface area contributed by atoms with E-state index in [0.29, 0.717) is 16.3 Å². The summed E-state index contributed by atoms with van der Waals surface area (Å²) in [6, 6.07) is 3.20. The van der Waals surface area contributed by atoms with Gasteiger partial charge in [0.25, 0.3) is 5.91 Å². The van der Waals surface area contributed by atoms with Gasteiger partial charge in [-0.15, -0.1) is 0 Å². The molecule has 1 aliphatic rings. The molecule has 0 atom stereocenters. The summed E-state index contributed by atoms with van der Waals surface area (Å²) >= 11 is 11.9. The summed E-state index contributed by atoms with van der Waals surface area (Å²) in [6.07, 6.45) is 5.77. The van der Waals surface area contributed by atoms with Gasteiger partial charge in [0.15, 0.2) is 0 Å². The largest absolute Gasteiger partial charge is 0.399 e. The molecule has 2 rings (SSSR count). The third-order valence-corrected chi connectivity index (χ3v) is 3.44. The van der Waals surface area contributed by atoms with E-state index in [9.17, 15) is 4.79 Å². The molecule has 1 aromatic carbocycles. The Balaban J connectivity index is 2.18. The van der Waals surface area contributed by atoms with E-state index < -0.39 is 0 Å². The second kappa shape index (κ2) is 4.98. The lowest BCUT2D eigenvalue weighted by Gasteiger charge is -2.13. The molecule has 17 heavy (non-hydrogen) atoms. The predicted molar refractivity (Wildman–Crippen MR) is 70.5 cm³/mol. The third kappa shape index (κ3) is 2.73. The first kappa shape index (κ1) is 12.3. The second-order valence-electron chi connectivity index (χ2n) is 3.98. The lowest BCUT2D eigenvalue weighted by atomic mass is 10.1. The van der Waals surface area contributed by atoms with Crippen molar-refractivity contribution in [2.24, 2.45) is 0 Å². The van der Waals surface area contributed by atoms with Crippen molar-refractivity contribution in [2.75, 3.05) is 5.73 Å². The fourth-order valence-electron chi connectivity index (χ4n) is 1.77. The van der Waals surface area contributed by atoms with E-state index >= 15 is 0 Å². The Bertz CT molecular complexity index is 478. The molecule has 0 radical (unpaired) electrons. The van der Waals surface area contributed by atoms with Crippen LogP contribution >= 0.6 is 23.2 Å². The standard InChI is InChI=1S/C12H12Cl2N2O/c13-10-6-7(15)5-9(11(10)14)12(17)16-8-3-1-2-4-8/h1-2,5-6,8H,3-4,15H2,(H,16,17). The molecule has 1 amide bonds. The zero-order chi connectivity index (χ0) is 12.4. The third-order valence-electron chi connectivity index (χ3n) is 2.64. The molecular formula is C12H12Cl2N2O. The van der Waals surface area contributed by atoms with Gasteiger partial charge in [-0.05, 0) is 25.0 Å². The minimum atomic E-state index is -0.238. The van der Waals surface area contributed by atoms with Crippen LogP contribution in [-0.4, -0.2) is 11.9 Å². The number of hydrogen-bond acceptors (Lipinski definition) is 2. The fourth-order valence-corrected chi connectivity index (χ4v) is 2.20. The lowest BCUT2D eigenvalue weighted by molar-refractivity contribution is 0.0939. The van der Waals surface area contributed by atoms with E-state index in [1.807, 2.05) is 12.2 Å². The first-order chi connectivity index (χ1) is 8.08. The first-order valence-electron chi connectivity index (χ1n) is 5.28. The number of nitrogens with one attached hydrogen (secondary N) is 1. The van der Waals surface area contributed by atoms with Gasteiger partial charge in [-0.1, -0.05) is 35.4 Å². The number of rotatable bonds is 2. The van der Waals surface area contributed by atoms with E-state index in [2.05, 4.69) is 5.32 Å². The van der Waals surface area contributed by atoms with Crippen molar-refractivity contribution in [3.63, 3.8) is 0 Å². The molecule has 90 valence electrons. The fraction of sp³-hybridized carbons (Fsp3) is 0.250. The molecule has 0 aliphatic heterocycles. The van der Waals surface area contributed by atoms with E-state index in [0.717, 1.165) is 12.8 Å². The summed E-state index contributed by atoms with van der Waals surface area (Å²) in [5.74, 6) is -0.238. The number of amides is 1. The van der Waals surface area contributed by atoms with Gasteiger partial charge in [0.2, 0.25) is 0 Å². The van der Waals surface area contributed by atoms with Gasteiger partial charge in [0, 0.05) is 11.7 Å². The minimum absolute atomic E-state index is 0.138. The predicted octanol–water partition coefficient (Wildman–Crippen LogP) is 3.02. The highest BCUT2D eigenvalue weighted by molar-refractivity contribution is 6.44. The van der Waals surface area contributed by atoms with Crippen LogP contribution < -0.4 is 11.1 Å². The van der Waals surface area contributed by atoms with Gasteiger partial charge in [0.1, 0.15) is 0 Å². The Morgan fingerprint density at radius 2 is 1.94 bits per heavy atom. The van der Waals surface area contributed by atoms with Crippen molar-refractivity contribution >= 4 is 34.8 Å². The van der Waals surface area contributed by atoms with Crippen molar-refractivity contribution in [3.8, 4) is 0 Å². The minimum Gasteiger partial charge on any atom is -0.399 e. The Morgan fingerprint density at radius 3 is 2.59 bits per heavy atom. The summed E-state index contributed by atoms with van der Waals surface area (Å²) < 4.78 is 0. The SMILES string of the molecule is Nc1cc(Cl)c(Cl)c(C(=O)NC2CC=CC2)c1. The molecule has 1 aromatic rings. The summed E-state index contributed by atoms with van der Waals surface area (Å²) in [6.45, 7) is 0. The van der Waals surface area contributed by atoms with E-state index in [-0.39, 0.29) is 17.0 Å². The van der Waals surface area contributed by atoms with E-state index in [4.69, 9.17) is 28.9 Å². The van der Waals surface area contributed by atoms with Gasteiger partial charge in [-0.2, -0.15) is 0 Å². The van der Waals surface area contributed by atoms with Crippen molar-refractivity contribution in [1.82, 2.24) is 5.32 Å². The number of carbonyl (C=O) groups excluding carboxylic acids is 1. The van der Waals surface area contributed by atoms with Crippen molar-refractivity contribution in [3.05, 3.63) is 39.9 Å². The van der Waals surface area contributed by atoms with Crippen LogP contribution in [0.5, 0.6) is 0 Å². The highest BCUT2D eigenvalue weighted by atomic mass is 35.5. The molecular weight excluding hydrogens is 259 g/mol. The first-order valence-corrected chi connectivity index (χ1v) is 6.04. The summed E-state index contributed by atoms with van der Waals surface area (Å²) in [5.41, 5.74) is 6.39. The molecule has 0 unspecified atom stereocenters. The van der Waals surface area contributed by atoms with Crippen molar-refractivity contribution < 1.29 is 4.79 Å². The highest BCUT2D eigenvalue weighted by Crippen LogP contribution is 2.28. The Labute approximate surface area is 110 Å². The summed E-state index contributed by atoms with van der Waals surface area (Å²) in [4.78, 5) is 12.0. The van der Waals surface area contributed by atoms with Crippen molar-refractivity contribution in [1.29, 1.82) is 0 Å². The van der Waals surface area contributed by atoms with E-state index in [1.54, 1.807) is 0 Å². The molecule has 0 fully saturated rings. The van der Waals surface area contributed by atoms with Gasteiger partial charge in [-0.25, -0.2) is 0 Å². The molecule has 0 saturated heterocycles. The molecule has 0 spiro atoms. The van der Waals surface area contributed by atoms with Crippen LogP contribution in [0.1, 0.15) is 23.2 Å². The zero-order valence-corrected chi connectivity index (χ0v) is 10.6. The molecule has 0 saturated carbocycles. The summed E-state index contributed by atoms with van der Waals surface area (Å²) in [5, 5.41) is 3.42. The maximum Gasteiger partial charge on any atom is 0.253 e. The molecule has 5 heteroatoms. The number of hydrogen-bond donors (Lipinski definition) is 2. The van der Waals surface area contributed by atoms with Crippen LogP contribution in [0.3, 0.4) is 0 Å². The smallest absolute Gasteiger partial charge is 0.253 e. The number of halogens is 2. The molecule has 0 aromatic heterocycles. The number of nitrogen functional groups attached to an aromatic ring is 1. The maximum atomic E-state index is 12.0. The highest BCUT2D eigenvalue weighted by Gasteiger charge is 2.18. The number of benzene rings is 1. The normalized spacial score (nSPS) is 15.2. The Kier molecular flexibility index (Phi) is 3.60. The molecule has 0 bridgehead atoms. The lowest BCUT2D eigenvalue weighted by Crippen LogP contribution is -2.33. The molecule has 1 aliphatic carbocycles.